The standard InChI is InChI=1S/C15H26N2O2/c1-5-17(15(2,3)12-16)10-11-19-14-8-6-13(18-4)7-9-14/h6-9H,5,10-12,16H2,1-4H3. The molecular formula is C15H26N2O2. The minimum atomic E-state index is 0.0119. The van der Waals surface area contributed by atoms with Crippen LogP contribution in [0.3, 0.4) is 0 Å². The number of nitrogens with zero attached hydrogens (tertiary/aromatic N) is 1. The van der Waals surface area contributed by atoms with Gasteiger partial charge in [0.1, 0.15) is 18.1 Å². The van der Waals surface area contributed by atoms with Crippen LogP contribution in [0.4, 0.5) is 0 Å². The summed E-state index contributed by atoms with van der Waals surface area (Å²) in [6.45, 7) is 9.59. The molecule has 0 aliphatic rings. The Bertz CT molecular complexity index is 363. The molecule has 0 unspecified atom stereocenters. The Morgan fingerprint density at radius 3 is 2.21 bits per heavy atom. The van der Waals surface area contributed by atoms with Gasteiger partial charge in [0, 0.05) is 18.6 Å². The van der Waals surface area contributed by atoms with Crippen molar-refractivity contribution < 1.29 is 9.47 Å². The van der Waals surface area contributed by atoms with Crippen LogP contribution >= 0.6 is 0 Å². The lowest BCUT2D eigenvalue weighted by atomic mass is 10.0. The monoisotopic (exact) mass is 266 g/mol. The Morgan fingerprint density at radius 2 is 1.74 bits per heavy atom. The predicted octanol–water partition coefficient (Wildman–Crippen LogP) is 2.13. The second-order valence-corrected chi connectivity index (χ2v) is 5.12. The first-order chi connectivity index (χ1) is 9.03. The Kier molecular flexibility index (Phi) is 6.12. The molecule has 108 valence electrons. The van der Waals surface area contributed by atoms with Crippen molar-refractivity contribution in [3.05, 3.63) is 24.3 Å². The van der Waals surface area contributed by atoms with E-state index in [0.717, 1.165) is 24.6 Å². The molecule has 0 saturated carbocycles. The molecule has 0 aromatic heterocycles. The highest BCUT2D eigenvalue weighted by atomic mass is 16.5. The fraction of sp³-hybridized carbons (Fsp3) is 0.600. The zero-order valence-corrected chi connectivity index (χ0v) is 12.5. The van der Waals surface area contributed by atoms with Crippen molar-refractivity contribution in [3.63, 3.8) is 0 Å². The van der Waals surface area contributed by atoms with Crippen molar-refractivity contribution in [2.45, 2.75) is 26.3 Å². The average Bonchev–Trinajstić information content (AvgIpc) is 2.44. The minimum absolute atomic E-state index is 0.0119. The molecule has 0 spiro atoms. The summed E-state index contributed by atoms with van der Waals surface area (Å²) in [7, 11) is 1.66. The van der Waals surface area contributed by atoms with E-state index in [-0.39, 0.29) is 5.54 Å². The zero-order valence-electron chi connectivity index (χ0n) is 12.5. The van der Waals surface area contributed by atoms with Crippen LogP contribution in [0.15, 0.2) is 24.3 Å². The number of nitrogens with two attached hydrogens (primary N) is 1. The van der Waals surface area contributed by atoms with E-state index in [1.807, 2.05) is 24.3 Å². The Hall–Kier alpha value is -1.26. The van der Waals surface area contributed by atoms with E-state index in [1.165, 1.54) is 0 Å². The quantitative estimate of drug-likeness (QED) is 0.783. The Labute approximate surface area is 116 Å². The second kappa shape index (κ2) is 7.36. The molecule has 0 saturated heterocycles. The van der Waals surface area contributed by atoms with Gasteiger partial charge in [-0.25, -0.2) is 0 Å². The van der Waals surface area contributed by atoms with Gasteiger partial charge in [-0.15, -0.1) is 0 Å². The van der Waals surface area contributed by atoms with Crippen molar-refractivity contribution in [1.82, 2.24) is 4.90 Å². The molecule has 1 aromatic carbocycles. The third-order valence-electron chi connectivity index (χ3n) is 3.43. The number of hydrogen-bond donors (Lipinski definition) is 1. The highest BCUT2D eigenvalue weighted by Crippen LogP contribution is 2.17. The molecule has 0 heterocycles. The van der Waals surface area contributed by atoms with Crippen molar-refractivity contribution >= 4 is 0 Å². The summed E-state index contributed by atoms with van der Waals surface area (Å²) in [4.78, 5) is 2.33. The van der Waals surface area contributed by atoms with Crippen molar-refractivity contribution in [3.8, 4) is 11.5 Å². The summed E-state index contributed by atoms with van der Waals surface area (Å²) in [5, 5.41) is 0. The smallest absolute Gasteiger partial charge is 0.119 e. The maximum Gasteiger partial charge on any atom is 0.119 e. The number of hydrogen-bond acceptors (Lipinski definition) is 4. The summed E-state index contributed by atoms with van der Waals surface area (Å²) in [5.74, 6) is 1.70. The van der Waals surface area contributed by atoms with E-state index in [2.05, 4.69) is 25.7 Å². The number of methoxy groups -OCH3 is 1. The minimum Gasteiger partial charge on any atom is -0.497 e. The largest absolute Gasteiger partial charge is 0.497 e. The van der Waals surface area contributed by atoms with Gasteiger partial charge in [-0.1, -0.05) is 6.92 Å². The van der Waals surface area contributed by atoms with Gasteiger partial charge in [0.2, 0.25) is 0 Å². The first-order valence-corrected chi connectivity index (χ1v) is 6.75. The second-order valence-electron chi connectivity index (χ2n) is 5.12. The molecule has 4 heteroatoms. The van der Waals surface area contributed by atoms with E-state index in [1.54, 1.807) is 7.11 Å². The van der Waals surface area contributed by atoms with Gasteiger partial charge in [0.05, 0.1) is 7.11 Å². The van der Waals surface area contributed by atoms with Crippen LogP contribution in [0.25, 0.3) is 0 Å². The third kappa shape index (κ3) is 4.73. The van der Waals surface area contributed by atoms with E-state index >= 15 is 0 Å². The topological polar surface area (TPSA) is 47.7 Å². The summed E-state index contributed by atoms with van der Waals surface area (Å²) < 4.78 is 10.9. The van der Waals surface area contributed by atoms with Crippen LogP contribution in [0.1, 0.15) is 20.8 Å². The van der Waals surface area contributed by atoms with E-state index in [9.17, 15) is 0 Å². The molecule has 2 N–H and O–H groups in total. The molecule has 0 aliphatic carbocycles. The van der Waals surface area contributed by atoms with Crippen LogP contribution in [-0.2, 0) is 0 Å². The highest BCUT2D eigenvalue weighted by molar-refractivity contribution is 5.31. The van der Waals surface area contributed by atoms with Gasteiger partial charge < -0.3 is 15.2 Å². The Balaban J connectivity index is 2.43. The van der Waals surface area contributed by atoms with Gasteiger partial charge in [-0.2, -0.15) is 0 Å². The fourth-order valence-electron chi connectivity index (χ4n) is 1.96. The lowest BCUT2D eigenvalue weighted by Gasteiger charge is -2.36. The molecule has 19 heavy (non-hydrogen) atoms. The summed E-state index contributed by atoms with van der Waals surface area (Å²) >= 11 is 0. The van der Waals surface area contributed by atoms with Gasteiger partial charge in [0.25, 0.3) is 0 Å². The van der Waals surface area contributed by atoms with E-state index in [0.29, 0.717) is 13.2 Å². The molecule has 0 atom stereocenters. The molecule has 4 nitrogen and oxygen atoms in total. The van der Waals surface area contributed by atoms with Crippen LogP contribution < -0.4 is 15.2 Å². The fourth-order valence-corrected chi connectivity index (χ4v) is 1.96. The Morgan fingerprint density at radius 1 is 1.16 bits per heavy atom. The summed E-state index contributed by atoms with van der Waals surface area (Å²) in [6, 6.07) is 7.64. The van der Waals surface area contributed by atoms with Crippen LogP contribution in [0.2, 0.25) is 0 Å². The average molecular weight is 266 g/mol. The maximum absolute atomic E-state index is 5.80. The van der Waals surface area contributed by atoms with Crippen LogP contribution in [-0.4, -0.2) is 43.8 Å². The van der Waals surface area contributed by atoms with Gasteiger partial charge >= 0.3 is 0 Å². The van der Waals surface area contributed by atoms with Gasteiger partial charge in [0.15, 0.2) is 0 Å². The molecule has 0 fully saturated rings. The summed E-state index contributed by atoms with van der Waals surface area (Å²) in [5.41, 5.74) is 5.81. The molecule has 0 radical (unpaired) electrons. The van der Waals surface area contributed by atoms with Crippen LogP contribution in [0.5, 0.6) is 11.5 Å². The molecule has 0 amide bonds. The van der Waals surface area contributed by atoms with Gasteiger partial charge in [-0.3, -0.25) is 4.90 Å². The van der Waals surface area contributed by atoms with Crippen molar-refractivity contribution in [2.24, 2.45) is 5.73 Å². The van der Waals surface area contributed by atoms with Crippen molar-refractivity contribution in [2.75, 3.05) is 33.4 Å². The number of rotatable bonds is 8. The summed E-state index contributed by atoms with van der Waals surface area (Å²) in [6.07, 6.45) is 0. The molecular weight excluding hydrogens is 240 g/mol. The van der Waals surface area contributed by atoms with E-state index in [4.69, 9.17) is 15.2 Å². The molecule has 1 aromatic rings. The number of ether oxygens (including phenoxy) is 2. The first kappa shape index (κ1) is 15.8. The lowest BCUT2D eigenvalue weighted by molar-refractivity contribution is 0.111. The molecule has 0 bridgehead atoms. The lowest BCUT2D eigenvalue weighted by Crippen LogP contribution is -2.50. The SMILES string of the molecule is CCN(CCOc1ccc(OC)cc1)C(C)(C)CN. The van der Waals surface area contributed by atoms with Crippen LogP contribution in [0, 0.1) is 0 Å². The van der Waals surface area contributed by atoms with E-state index < -0.39 is 0 Å². The number of likely N-dealkylation sites (N-methyl/N-ethyl adjacent to an activating group) is 1. The van der Waals surface area contributed by atoms with Gasteiger partial charge in [-0.05, 0) is 44.7 Å². The first-order valence-electron chi connectivity index (χ1n) is 6.75. The molecule has 0 aliphatic heterocycles. The molecule has 1 rings (SSSR count). The highest BCUT2D eigenvalue weighted by Gasteiger charge is 2.23. The third-order valence-corrected chi connectivity index (χ3v) is 3.43. The normalized spacial score (nSPS) is 11.7. The predicted molar refractivity (Wildman–Crippen MR) is 78.9 cm³/mol. The maximum atomic E-state index is 5.80. The number of benzene rings is 1. The van der Waals surface area contributed by atoms with Crippen molar-refractivity contribution in [1.29, 1.82) is 0 Å². The zero-order chi connectivity index (χ0) is 14.3.